The van der Waals surface area contributed by atoms with Gasteiger partial charge in [0.1, 0.15) is 13.2 Å². The van der Waals surface area contributed by atoms with Crippen LogP contribution in [-0.4, -0.2) is 32.5 Å². The van der Waals surface area contributed by atoms with Crippen LogP contribution in [0.3, 0.4) is 0 Å². The predicted octanol–water partition coefficient (Wildman–Crippen LogP) is 3.91. The summed E-state index contributed by atoms with van der Waals surface area (Å²) in [6.07, 6.45) is 4.87. The molecule has 2 aromatic rings. The van der Waals surface area contributed by atoms with Crippen LogP contribution in [0.5, 0.6) is 11.5 Å². The molecule has 146 valence electrons. The molecular formula is C22H23NO4S. The minimum Gasteiger partial charge on any atom is -0.486 e. The van der Waals surface area contributed by atoms with E-state index in [1.807, 2.05) is 42.5 Å². The Morgan fingerprint density at radius 2 is 1.79 bits per heavy atom. The third kappa shape index (κ3) is 3.01. The summed E-state index contributed by atoms with van der Waals surface area (Å²) in [5.41, 5.74) is 3.20. The van der Waals surface area contributed by atoms with Crippen molar-refractivity contribution < 1.29 is 17.9 Å². The van der Waals surface area contributed by atoms with E-state index in [4.69, 9.17) is 9.47 Å². The highest BCUT2D eigenvalue weighted by molar-refractivity contribution is 7.93. The molecule has 1 fully saturated rings. The first-order chi connectivity index (χ1) is 13.6. The number of rotatable bonds is 3. The maximum absolute atomic E-state index is 13.5. The molecule has 0 bridgehead atoms. The van der Waals surface area contributed by atoms with Gasteiger partial charge in [0.2, 0.25) is 10.0 Å². The summed E-state index contributed by atoms with van der Waals surface area (Å²) in [4.78, 5) is 0.524. The van der Waals surface area contributed by atoms with E-state index in [1.165, 1.54) is 5.56 Å². The zero-order valence-corrected chi connectivity index (χ0v) is 16.5. The summed E-state index contributed by atoms with van der Waals surface area (Å²) in [5.74, 6) is 1.44. The normalized spacial score (nSPS) is 21.9. The zero-order chi connectivity index (χ0) is 19.1. The average molecular weight is 397 g/mol. The van der Waals surface area contributed by atoms with Gasteiger partial charge in [-0.25, -0.2) is 8.42 Å². The molecule has 1 saturated heterocycles. The summed E-state index contributed by atoms with van der Waals surface area (Å²) < 4.78 is 39.9. The Morgan fingerprint density at radius 1 is 0.964 bits per heavy atom. The lowest BCUT2D eigenvalue weighted by molar-refractivity contribution is 0.171. The van der Waals surface area contributed by atoms with Crippen LogP contribution in [-0.2, 0) is 16.4 Å². The van der Waals surface area contributed by atoms with E-state index in [-0.39, 0.29) is 6.04 Å². The molecule has 0 radical (unpaired) electrons. The standard InChI is InChI=1S/C22H23NO4S/c24-28(25,19-9-7-16-4-1-2-5-17(16)14-19)23-11-3-6-20(23)18-8-10-21-22(15-18)27-13-12-26-21/h1-2,4-5,8,10,14-15,20H,3,6-7,9,11-13H2. The van der Waals surface area contributed by atoms with Gasteiger partial charge in [-0.05, 0) is 60.6 Å². The van der Waals surface area contributed by atoms with Gasteiger partial charge < -0.3 is 9.47 Å². The van der Waals surface area contributed by atoms with Crippen molar-refractivity contribution in [2.45, 2.75) is 31.7 Å². The summed E-state index contributed by atoms with van der Waals surface area (Å²) in [5, 5.41) is 0. The minimum absolute atomic E-state index is 0.154. The maximum Gasteiger partial charge on any atom is 0.239 e. The van der Waals surface area contributed by atoms with Crippen LogP contribution in [0, 0.1) is 0 Å². The monoisotopic (exact) mass is 397 g/mol. The summed E-state index contributed by atoms with van der Waals surface area (Å²) in [6, 6.07) is 13.7. The summed E-state index contributed by atoms with van der Waals surface area (Å²) >= 11 is 0. The Bertz CT molecular complexity index is 1040. The number of fused-ring (bicyclic) bond motifs is 2. The van der Waals surface area contributed by atoms with Gasteiger partial charge in [0, 0.05) is 6.54 Å². The van der Waals surface area contributed by atoms with Gasteiger partial charge >= 0.3 is 0 Å². The van der Waals surface area contributed by atoms with Gasteiger partial charge in [-0.3, -0.25) is 0 Å². The fraction of sp³-hybridized carbons (Fsp3) is 0.364. The first-order valence-electron chi connectivity index (χ1n) is 9.83. The van der Waals surface area contributed by atoms with E-state index in [0.29, 0.717) is 36.8 Å². The molecule has 0 aromatic heterocycles. The van der Waals surface area contributed by atoms with Gasteiger partial charge in [0.05, 0.1) is 10.9 Å². The smallest absolute Gasteiger partial charge is 0.239 e. The molecule has 5 nitrogen and oxygen atoms in total. The van der Waals surface area contributed by atoms with Gasteiger partial charge in [-0.15, -0.1) is 0 Å². The molecule has 3 aliphatic rings. The van der Waals surface area contributed by atoms with Gasteiger partial charge in [0.25, 0.3) is 0 Å². The number of ether oxygens (including phenoxy) is 2. The quantitative estimate of drug-likeness (QED) is 0.788. The number of sulfonamides is 1. The summed E-state index contributed by atoms with van der Waals surface area (Å²) in [7, 11) is -3.50. The molecule has 28 heavy (non-hydrogen) atoms. The Labute approximate surface area is 165 Å². The number of hydrogen-bond acceptors (Lipinski definition) is 4. The van der Waals surface area contributed by atoms with Crippen LogP contribution in [0.2, 0.25) is 0 Å². The van der Waals surface area contributed by atoms with Crippen molar-refractivity contribution in [3.8, 4) is 11.5 Å². The molecule has 0 amide bonds. The highest BCUT2D eigenvalue weighted by Gasteiger charge is 2.38. The first kappa shape index (κ1) is 17.8. The Morgan fingerprint density at radius 3 is 2.68 bits per heavy atom. The van der Waals surface area contributed by atoms with Crippen LogP contribution in [0.15, 0.2) is 47.4 Å². The molecule has 1 unspecified atom stereocenters. The lowest BCUT2D eigenvalue weighted by Gasteiger charge is -2.28. The van der Waals surface area contributed by atoms with E-state index in [1.54, 1.807) is 4.31 Å². The SMILES string of the molecule is O=S(=O)(C1=Cc2ccccc2CC1)N1CCCC1c1ccc2c(c1)OCCO2. The second-order valence-electron chi connectivity index (χ2n) is 7.49. The van der Waals surface area contributed by atoms with Gasteiger partial charge in [0.15, 0.2) is 11.5 Å². The van der Waals surface area contributed by atoms with E-state index in [9.17, 15) is 8.42 Å². The third-order valence-corrected chi connectivity index (χ3v) is 7.85. The minimum atomic E-state index is -3.50. The highest BCUT2D eigenvalue weighted by atomic mass is 32.2. The van der Waals surface area contributed by atoms with Crippen LogP contribution in [0.4, 0.5) is 0 Å². The fourth-order valence-corrected chi connectivity index (χ4v) is 6.26. The van der Waals surface area contributed by atoms with Gasteiger partial charge in [-0.1, -0.05) is 30.3 Å². The van der Waals surface area contributed by atoms with E-state index in [2.05, 4.69) is 6.07 Å². The molecule has 2 heterocycles. The molecule has 6 heteroatoms. The topological polar surface area (TPSA) is 55.8 Å². The first-order valence-corrected chi connectivity index (χ1v) is 11.3. The highest BCUT2D eigenvalue weighted by Crippen LogP contribution is 2.41. The van der Waals surface area contributed by atoms with Crippen LogP contribution < -0.4 is 9.47 Å². The second-order valence-corrected chi connectivity index (χ2v) is 9.43. The van der Waals surface area contributed by atoms with E-state index in [0.717, 1.165) is 36.1 Å². The molecule has 1 atom stereocenters. The molecule has 2 aromatic carbocycles. The zero-order valence-electron chi connectivity index (χ0n) is 15.6. The molecule has 5 rings (SSSR count). The average Bonchev–Trinajstić information content (AvgIpc) is 3.24. The van der Waals surface area contributed by atoms with Crippen molar-refractivity contribution in [2.24, 2.45) is 0 Å². The van der Waals surface area contributed by atoms with Crippen molar-refractivity contribution in [1.29, 1.82) is 0 Å². The number of hydrogen-bond donors (Lipinski definition) is 0. The number of allylic oxidation sites excluding steroid dienone is 1. The fourth-order valence-electron chi connectivity index (χ4n) is 4.39. The Kier molecular flexibility index (Phi) is 4.40. The lowest BCUT2D eigenvalue weighted by Crippen LogP contribution is -2.32. The second kappa shape index (κ2) is 6.94. The van der Waals surface area contributed by atoms with Gasteiger partial charge in [-0.2, -0.15) is 4.31 Å². The molecule has 0 N–H and O–H groups in total. The maximum atomic E-state index is 13.5. The van der Waals surface area contributed by atoms with Crippen molar-refractivity contribution in [1.82, 2.24) is 4.31 Å². The Balaban J connectivity index is 1.47. The van der Waals surface area contributed by atoms with Crippen LogP contribution in [0.1, 0.15) is 42.0 Å². The van der Waals surface area contributed by atoms with E-state index >= 15 is 0 Å². The molecule has 1 aliphatic carbocycles. The van der Waals surface area contributed by atoms with Crippen molar-refractivity contribution in [3.05, 3.63) is 64.1 Å². The van der Waals surface area contributed by atoms with E-state index < -0.39 is 10.0 Å². The number of benzene rings is 2. The van der Waals surface area contributed by atoms with Crippen molar-refractivity contribution >= 4 is 16.1 Å². The third-order valence-electron chi connectivity index (χ3n) is 5.81. The Hall–Kier alpha value is -2.31. The van der Waals surface area contributed by atoms with Crippen molar-refractivity contribution in [3.63, 3.8) is 0 Å². The molecule has 0 spiro atoms. The molecule has 0 saturated carbocycles. The predicted molar refractivity (Wildman–Crippen MR) is 108 cm³/mol. The molecule has 2 aliphatic heterocycles. The van der Waals surface area contributed by atoms with Crippen LogP contribution in [0.25, 0.3) is 6.08 Å². The van der Waals surface area contributed by atoms with Crippen molar-refractivity contribution in [2.75, 3.05) is 19.8 Å². The number of aryl methyl sites for hydroxylation is 1. The summed E-state index contributed by atoms with van der Waals surface area (Å²) in [6.45, 7) is 1.63. The lowest BCUT2D eigenvalue weighted by atomic mass is 9.98. The largest absolute Gasteiger partial charge is 0.486 e. The van der Waals surface area contributed by atoms with Crippen LogP contribution >= 0.6 is 0 Å². The molecular weight excluding hydrogens is 374 g/mol. The number of nitrogens with zero attached hydrogens (tertiary/aromatic N) is 1.